The van der Waals surface area contributed by atoms with Crippen molar-refractivity contribution in [1.29, 1.82) is 0 Å². The molecule has 0 spiro atoms. The molecule has 0 saturated carbocycles. The van der Waals surface area contributed by atoms with Crippen LogP contribution in [0.4, 0.5) is 0 Å². The summed E-state index contributed by atoms with van der Waals surface area (Å²) in [7, 11) is 0. The van der Waals surface area contributed by atoms with Crippen molar-refractivity contribution < 1.29 is 9.90 Å². The van der Waals surface area contributed by atoms with Gasteiger partial charge in [0.15, 0.2) is 0 Å². The highest BCUT2D eigenvalue weighted by molar-refractivity contribution is 5.85. The predicted octanol–water partition coefficient (Wildman–Crippen LogP) is 0.324. The van der Waals surface area contributed by atoms with E-state index in [1.807, 2.05) is 30.3 Å². The van der Waals surface area contributed by atoms with Gasteiger partial charge in [-0.05, 0) is 24.9 Å². The number of carbonyl (C=O) groups excluding carboxylic acids is 1. The number of carbonyl (C=O) groups is 1. The van der Waals surface area contributed by atoms with Crippen LogP contribution in [0.15, 0.2) is 30.3 Å². The molecule has 1 aromatic carbocycles. The zero-order chi connectivity index (χ0) is 13.4. The van der Waals surface area contributed by atoms with Gasteiger partial charge in [0.1, 0.15) is 0 Å². The molecule has 19 heavy (non-hydrogen) atoms. The normalized spacial score (nSPS) is 13.2. The molecule has 6 heteroatoms. The average molecular weight is 288 g/mol. The number of nitrogens with one attached hydrogen (secondary N) is 1. The van der Waals surface area contributed by atoms with Gasteiger partial charge < -0.3 is 21.9 Å². The van der Waals surface area contributed by atoms with E-state index in [-0.39, 0.29) is 24.9 Å². The van der Waals surface area contributed by atoms with E-state index in [1.165, 1.54) is 0 Å². The van der Waals surface area contributed by atoms with Gasteiger partial charge in [-0.2, -0.15) is 0 Å². The Morgan fingerprint density at radius 1 is 1.32 bits per heavy atom. The summed E-state index contributed by atoms with van der Waals surface area (Å²) in [6, 6.07) is 8.32. The van der Waals surface area contributed by atoms with Crippen LogP contribution in [0.3, 0.4) is 0 Å². The Morgan fingerprint density at radius 2 is 1.95 bits per heavy atom. The number of aliphatic hydroxyl groups excluding tert-OH is 1. The summed E-state index contributed by atoms with van der Waals surface area (Å²) < 4.78 is 0. The van der Waals surface area contributed by atoms with Gasteiger partial charge in [-0.3, -0.25) is 4.79 Å². The summed E-state index contributed by atoms with van der Waals surface area (Å²) in [6.45, 7) is 0.364. The van der Waals surface area contributed by atoms with Gasteiger partial charge in [0, 0.05) is 0 Å². The standard InChI is InChI=1S/C13H21N3O2.ClH/c14-8-4-7-11(15)13(18)16-12(9-17)10-5-2-1-3-6-10;/h1-3,5-6,11-12,17H,4,7-9,14-15H2,(H,16,18);1H/t11-,12?;/m1./s1. The summed E-state index contributed by atoms with van der Waals surface area (Å²) in [4.78, 5) is 11.8. The number of hydrogen-bond donors (Lipinski definition) is 4. The Bertz CT molecular complexity index is 362. The molecule has 6 N–H and O–H groups in total. The predicted molar refractivity (Wildman–Crippen MR) is 77.9 cm³/mol. The zero-order valence-corrected chi connectivity index (χ0v) is 11.6. The lowest BCUT2D eigenvalue weighted by molar-refractivity contribution is -0.123. The molecule has 0 aliphatic rings. The lowest BCUT2D eigenvalue weighted by atomic mass is 10.1. The molecule has 1 amide bonds. The molecule has 0 bridgehead atoms. The van der Waals surface area contributed by atoms with Crippen LogP contribution in [-0.2, 0) is 4.79 Å². The lowest BCUT2D eigenvalue weighted by Crippen LogP contribution is -2.43. The van der Waals surface area contributed by atoms with Crippen LogP contribution < -0.4 is 16.8 Å². The van der Waals surface area contributed by atoms with Crippen molar-refractivity contribution in [3.63, 3.8) is 0 Å². The minimum absolute atomic E-state index is 0. The fraction of sp³-hybridized carbons (Fsp3) is 0.462. The van der Waals surface area contributed by atoms with E-state index in [4.69, 9.17) is 11.5 Å². The van der Waals surface area contributed by atoms with E-state index in [9.17, 15) is 9.90 Å². The second kappa shape index (κ2) is 9.75. The summed E-state index contributed by atoms with van der Waals surface area (Å²) in [5, 5.41) is 12.0. The SMILES string of the molecule is Cl.NCCC[C@@H](N)C(=O)NC(CO)c1ccccc1. The second-order valence-electron chi connectivity index (χ2n) is 4.19. The van der Waals surface area contributed by atoms with Crippen LogP contribution in [0.1, 0.15) is 24.4 Å². The fourth-order valence-electron chi connectivity index (χ4n) is 1.67. The van der Waals surface area contributed by atoms with Gasteiger partial charge in [0.25, 0.3) is 0 Å². The number of hydrogen-bond acceptors (Lipinski definition) is 4. The minimum atomic E-state index is -0.577. The molecule has 1 aromatic rings. The maximum Gasteiger partial charge on any atom is 0.237 e. The Morgan fingerprint density at radius 3 is 2.47 bits per heavy atom. The summed E-state index contributed by atoms with van der Waals surface area (Å²) >= 11 is 0. The molecule has 5 nitrogen and oxygen atoms in total. The van der Waals surface area contributed by atoms with E-state index >= 15 is 0 Å². The number of benzene rings is 1. The molecular formula is C13H22ClN3O2. The van der Waals surface area contributed by atoms with Crippen molar-refractivity contribution in [2.24, 2.45) is 11.5 Å². The van der Waals surface area contributed by atoms with Gasteiger partial charge in [-0.1, -0.05) is 30.3 Å². The highest BCUT2D eigenvalue weighted by Gasteiger charge is 2.18. The third kappa shape index (κ3) is 6.02. The van der Waals surface area contributed by atoms with E-state index in [0.717, 1.165) is 5.56 Å². The number of aliphatic hydroxyl groups is 1. The van der Waals surface area contributed by atoms with Gasteiger partial charge in [0.05, 0.1) is 18.7 Å². The first-order valence-electron chi connectivity index (χ1n) is 6.11. The molecule has 0 aromatic heterocycles. The number of amides is 1. The lowest BCUT2D eigenvalue weighted by Gasteiger charge is -2.19. The summed E-state index contributed by atoms with van der Waals surface area (Å²) in [5.74, 6) is -0.258. The topological polar surface area (TPSA) is 101 Å². The molecule has 0 radical (unpaired) electrons. The molecule has 0 aliphatic heterocycles. The van der Waals surface area contributed by atoms with Gasteiger partial charge in [-0.25, -0.2) is 0 Å². The van der Waals surface area contributed by atoms with Crippen molar-refractivity contribution in [3.05, 3.63) is 35.9 Å². The Balaban J connectivity index is 0.00000324. The molecule has 0 fully saturated rings. The molecule has 1 rings (SSSR count). The Kier molecular flexibility index (Phi) is 9.16. The fourth-order valence-corrected chi connectivity index (χ4v) is 1.67. The Labute approximate surface area is 119 Å². The van der Waals surface area contributed by atoms with E-state index < -0.39 is 12.1 Å². The van der Waals surface area contributed by atoms with E-state index in [1.54, 1.807) is 0 Å². The van der Waals surface area contributed by atoms with Crippen LogP contribution in [0.2, 0.25) is 0 Å². The highest BCUT2D eigenvalue weighted by atomic mass is 35.5. The van der Waals surface area contributed by atoms with Crippen LogP contribution >= 0.6 is 12.4 Å². The van der Waals surface area contributed by atoms with Gasteiger partial charge >= 0.3 is 0 Å². The number of nitrogens with two attached hydrogens (primary N) is 2. The first-order chi connectivity index (χ1) is 8.69. The monoisotopic (exact) mass is 287 g/mol. The van der Waals surface area contributed by atoms with Crippen LogP contribution in [0.5, 0.6) is 0 Å². The minimum Gasteiger partial charge on any atom is -0.394 e. The van der Waals surface area contributed by atoms with Crippen LogP contribution in [0, 0.1) is 0 Å². The van der Waals surface area contributed by atoms with Crippen molar-refractivity contribution in [3.8, 4) is 0 Å². The number of halogens is 1. The summed E-state index contributed by atoms with van der Waals surface area (Å²) in [6.07, 6.45) is 1.26. The molecule has 1 unspecified atom stereocenters. The Hall–Kier alpha value is -1.14. The third-order valence-corrected chi connectivity index (χ3v) is 2.76. The summed E-state index contributed by atoms with van der Waals surface area (Å²) in [5.41, 5.74) is 12.0. The maximum atomic E-state index is 11.8. The molecule has 0 saturated heterocycles. The molecule has 108 valence electrons. The number of rotatable bonds is 7. The van der Waals surface area contributed by atoms with Gasteiger partial charge in [0.2, 0.25) is 5.91 Å². The maximum absolute atomic E-state index is 11.8. The van der Waals surface area contributed by atoms with Gasteiger partial charge in [-0.15, -0.1) is 12.4 Å². The molecule has 0 aliphatic carbocycles. The first kappa shape index (κ1) is 17.9. The van der Waals surface area contributed by atoms with Crippen molar-refractivity contribution in [2.75, 3.05) is 13.2 Å². The highest BCUT2D eigenvalue weighted by Crippen LogP contribution is 2.11. The smallest absolute Gasteiger partial charge is 0.237 e. The second-order valence-corrected chi connectivity index (χ2v) is 4.19. The van der Waals surface area contributed by atoms with E-state index in [0.29, 0.717) is 19.4 Å². The molecule has 2 atom stereocenters. The van der Waals surface area contributed by atoms with Crippen LogP contribution in [-0.4, -0.2) is 30.2 Å². The van der Waals surface area contributed by atoms with Crippen molar-refractivity contribution in [1.82, 2.24) is 5.32 Å². The largest absolute Gasteiger partial charge is 0.394 e. The zero-order valence-electron chi connectivity index (χ0n) is 10.8. The average Bonchev–Trinajstić information content (AvgIpc) is 2.42. The molecule has 0 heterocycles. The van der Waals surface area contributed by atoms with Crippen molar-refractivity contribution >= 4 is 18.3 Å². The quantitative estimate of drug-likeness (QED) is 0.580. The van der Waals surface area contributed by atoms with Crippen LogP contribution in [0.25, 0.3) is 0 Å². The molecular weight excluding hydrogens is 266 g/mol. The first-order valence-corrected chi connectivity index (χ1v) is 6.11. The van der Waals surface area contributed by atoms with Crippen molar-refractivity contribution in [2.45, 2.75) is 24.9 Å². The van der Waals surface area contributed by atoms with E-state index in [2.05, 4.69) is 5.32 Å². The third-order valence-electron chi connectivity index (χ3n) is 2.76.